The lowest BCUT2D eigenvalue weighted by atomic mass is 9.89. The highest BCUT2D eigenvalue weighted by Crippen LogP contribution is 2.29. The predicted octanol–water partition coefficient (Wildman–Crippen LogP) is 5.05. The fraction of sp³-hybridized carbons (Fsp3) is 0.810. The fourth-order valence-electron chi connectivity index (χ4n) is 4.00. The number of nitrogens with one attached hydrogen (secondary N) is 1. The first-order valence-corrected chi connectivity index (χ1v) is 11.5. The Morgan fingerprint density at radius 1 is 1.21 bits per heavy atom. The van der Waals surface area contributed by atoms with E-state index in [1.54, 1.807) is 0 Å². The molecule has 0 unspecified atom stereocenters. The van der Waals surface area contributed by atoms with Crippen LogP contribution in [-0.4, -0.2) is 46.8 Å². The summed E-state index contributed by atoms with van der Waals surface area (Å²) in [6.07, 6.45) is 7.28. The molecule has 0 aromatic carbocycles. The van der Waals surface area contributed by atoms with Crippen LogP contribution in [0.25, 0.3) is 0 Å². The molecule has 2 fully saturated rings. The minimum absolute atomic E-state index is 0.323. The van der Waals surface area contributed by atoms with E-state index in [1.165, 1.54) is 50.1 Å². The number of rotatable bonds is 5. The summed E-state index contributed by atoms with van der Waals surface area (Å²) in [7, 11) is 0. The zero-order valence-electron chi connectivity index (χ0n) is 17.7. The number of ether oxygens (including phenoxy) is 2. The third-order valence-electron chi connectivity index (χ3n) is 5.60. The molecule has 1 amide bonds. The Kier molecular flexibility index (Phi) is 7.34. The largest absolute Gasteiger partial charge is 0.444 e. The maximum Gasteiger partial charge on any atom is 0.413 e. The van der Waals surface area contributed by atoms with E-state index in [-0.39, 0.29) is 0 Å². The number of amides is 1. The Morgan fingerprint density at radius 3 is 2.54 bits per heavy atom. The van der Waals surface area contributed by atoms with Gasteiger partial charge in [0.2, 0.25) is 0 Å². The van der Waals surface area contributed by atoms with Crippen LogP contribution in [0.15, 0.2) is 5.38 Å². The van der Waals surface area contributed by atoms with E-state index in [2.05, 4.69) is 22.1 Å². The topological polar surface area (TPSA) is 63.7 Å². The van der Waals surface area contributed by atoms with Gasteiger partial charge < -0.3 is 14.4 Å². The summed E-state index contributed by atoms with van der Waals surface area (Å²) in [5, 5.41) is 5.18. The summed E-state index contributed by atoms with van der Waals surface area (Å²) in [5.74, 6) is 0.892. The number of likely N-dealkylation sites (tertiary alicyclic amines) is 1. The fourth-order valence-corrected chi connectivity index (χ4v) is 4.68. The number of piperidine rings is 1. The van der Waals surface area contributed by atoms with E-state index in [9.17, 15) is 4.79 Å². The van der Waals surface area contributed by atoms with E-state index < -0.39 is 11.7 Å². The number of nitrogens with zero attached hydrogens (tertiary/aromatic N) is 2. The van der Waals surface area contributed by atoms with Gasteiger partial charge in [0.1, 0.15) is 5.60 Å². The highest BCUT2D eigenvalue weighted by molar-refractivity contribution is 7.13. The van der Waals surface area contributed by atoms with Crippen molar-refractivity contribution < 1.29 is 14.3 Å². The highest BCUT2D eigenvalue weighted by Gasteiger charge is 2.28. The SMILES string of the molecule is CC1CCN(C2CCC(OCc3csc(NC(=O)OC(C)(C)C)n3)CC2)CC1. The number of anilines is 1. The molecule has 2 aliphatic rings. The quantitative estimate of drug-likeness (QED) is 0.737. The zero-order chi connectivity index (χ0) is 20.1. The van der Waals surface area contributed by atoms with E-state index in [1.807, 2.05) is 26.2 Å². The summed E-state index contributed by atoms with van der Waals surface area (Å²) >= 11 is 1.40. The molecule has 0 radical (unpaired) electrons. The van der Waals surface area contributed by atoms with Crippen LogP contribution in [0.3, 0.4) is 0 Å². The van der Waals surface area contributed by atoms with Gasteiger partial charge in [-0.25, -0.2) is 9.78 Å². The average molecular weight is 410 g/mol. The molecule has 28 heavy (non-hydrogen) atoms. The van der Waals surface area contributed by atoms with Gasteiger partial charge in [0.25, 0.3) is 0 Å². The standard InChI is InChI=1S/C21H35N3O3S/c1-15-9-11-24(12-10-15)17-5-7-18(8-6-17)26-13-16-14-28-19(22-16)23-20(25)27-21(2,3)4/h14-15,17-18H,5-13H2,1-4H3,(H,22,23,25). The van der Waals surface area contributed by atoms with Crippen LogP contribution >= 0.6 is 11.3 Å². The molecule has 1 aromatic heterocycles. The molecule has 2 heterocycles. The number of aromatic nitrogens is 1. The van der Waals surface area contributed by atoms with Gasteiger partial charge in [0.15, 0.2) is 5.13 Å². The Bertz CT molecular complexity index is 627. The minimum atomic E-state index is -0.515. The smallest absolute Gasteiger partial charge is 0.413 e. The Hall–Kier alpha value is -1.18. The molecule has 0 bridgehead atoms. The van der Waals surface area contributed by atoms with Crippen LogP contribution in [0.1, 0.15) is 71.9 Å². The van der Waals surface area contributed by atoms with Gasteiger partial charge in [0.05, 0.1) is 18.4 Å². The molecule has 1 saturated heterocycles. The molecule has 6 nitrogen and oxygen atoms in total. The molecule has 7 heteroatoms. The van der Waals surface area contributed by atoms with E-state index in [0.717, 1.165) is 30.5 Å². The lowest BCUT2D eigenvalue weighted by Crippen LogP contribution is -2.43. The summed E-state index contributed by atoms with van der Waals surface area (Å²) in [6.45, 7) is 10.9. The molecule has 1 saturated carbocycles. The second kappa shape index (κ2) is 9.55. The predicted molar refractivity (Wildman–Crippen MR) is 113 cm³/mol. The maximum atomic E-state index is 11.8. The van der Waals surface area contributed by atoms with Gasteiger partial charge in [-0.2, -0.15) is 0 Å². The first kappa shape index (κ1) is 21.5. The third kappa shape index (κ3) is 6.71. The van der Waals surface area contributed by atoms with E-state index in [4.69, 9.17) is 9.47 Å². The molecule has 1 aromatic rings. The number of carbonyl (C=O) groups excluding carboxylic acids is 1. The number of thiazole rings is 1. The number of hydrogen-bond donors (Lipinski definition) is 1. The van der Waals surface area contributed by atoms with Crippen molar-refractivity contribution in [1.29, 1.82) is 0 Å². The first-order valence-electron chi connectivity index (χ1n) is 10.6. The zero-order valence-corrected chi connectivity index (χ0v) is 18.5. The van der Waals surface area contributed by atoms with Crippen molar-refractivity contribution in [2.75, 3.05) is 18.4 Å². The van der Waals surface area contributed by atoms with Crippen LogP contribution in [-0.2, 0) is 16.1 Å². The van der Waals surface area contributed by atoms with Crippen LogP contribution in [0.4, 0.5) is 9.93 Å². The van der Waals surface area contributed by atoms with Gasteiger partial charge in [-0.3, -0.25) is 5.32 Å². The molecule has 0 atom stereocenters. The number of carbonyl (C=O) groups is 1. The summed E-state index contributed by atoms with van der Waals surface area (Å²) in [4.78, 5) is 19.0. The van der Waals surface area contributed by atoms with Gasteiger partial charge in [0, 0.05) is 11.4 Å². The van der Waals surface area contributed by atoms with Crippen molar-refractivity contribution in [1.82, 2.24) is 9.88 Å². The number of hydrogen-bond acceptors (Lipinski definition) is 6. The molecule has 1 aliphatic heterocycles. The lowest BCUT2D eigenvalue weighted by molar-refractivity contribution is -0.00757. The summed E-state index contributed by atoms with van der Waals surface area (Å²) < 4.78 is 11.4. The molecule has 1 aliphatic carbocycles. The molecule has 1 N–H and O–H groups in total. The normalized spacial score (nSPS) is 24.9. The van der Waals surface area contributed by atoms with Gasteiger partial charge in [-0.05, 0) is 78.3 Å². The van der Waals surface area contributed by atoms with Crippen LogP contribution in [0.5, 0.6) is 0 Å². The molecule has 0 spiro atoms. The van der Waals surface area contributed by atoms with Crippen molar-refractivity contribution in [2.24, 2.45) is 5.92 Å². The lowest BCUT2D eigenvalue weighted by Gasteiger charge is -2.40. The van der Waals surface area contributed by atoms with Gasteiger partial charge in [-0.1, -0.05) is 6.92 Å². The van der Waals surface area contributed by atoms with Crippen LogP contribution in [0, 0.1) is 5.92 Å². The monoisotopic (exact) mass is 409 g/mol. The average Bonchev–Trinajstić information content (AvgIpc) is 3.07. The van der Waals surface area contributed by atoms with Crippen molar-refractivity contribution in [3.8, 4) is 0 Å². The Balaban J connectivity index is 1.36. The molecular formula is C21H35N3O3S. The van der Waals surface area contributed by atoms with Gasteiger partial charge >= 0.3 is 6.09 Å². The molecule has 3 rings (SSSR count). The van der Waals surface area contributed by atoms with E-state index >= 15 is 0 Å². The van der Waals surface area contributed by atoms with Crippen molar-refractivity contribution in [3.05, 3.63) is 11.1 Å². The van der Waals surface area contributed by atoms with Gasteiger partial charge in [-0.15, -0.1) is 11.3 Å². The first-order chi connectivity index (χ1) is 13.3. The van der Waals surface area contributed by atoms with Crippen molar-refractivity contribution in [2.45, 2.75) is 90.6 Å². The second-order valence-corrected chi connectivity index (χ2v) is 10.1. The summed E-state index contributed by atoms with van der Waals surface area (Å²) in [6, 6.07) is 0.747. The summed E-state index contributed by atoms with van der Waals surface area (Å²) in [5.41, 5.74) is 0.349. The van der Waals surface area contributed by atoms with Crippen molar-refractivity contribution in [3.63, 3.8) is 0 Å². The Morgan fingerprint density at radius 2 is 1.89 bits per heavy atom. The Labute approximate surface area is 173 Å². The maximum absolute atomic E-state index is 11.8. The molecule has 158 valence electrons. The van der Waals surface area contributed by atoms with Crippen LogP contribution in [0.2, 0.25) is 0 Å². The minimum Gasteiger partial charge on any atom is -0.444 e. The van der Waals surface area contributed by atoms with Crippen molar-refractivity contribution >= 4 is 22.6 Å². The van der Waals surface area contributed by atoms with Crippen LogP contribution < -0.4 is 5.32 Å². The second-order valence-electron chi connectivity index (χ2n) is 9.23. The van der Waals surface area contributed by atoms with E-state index in [0.29, 0.717) is 17.8 Å². The molecular weight excluding hydrogens is 374 g/mol. The highest BCUT2D eigenvalue weighted by atomic mass is 32.1. The third-order valence-corrected chi connectivity index (χ3v) is 6.41.